The van der Waals surface area contributed by atoms with Gasteiger partial charge in [-0.2, -0.15) is 0 Å². The van der Waals surface area contributed by atoms with Crippen molar-refractivity contribution in [3.05, 3.63) is 29.5 Å². The molecule has 0 aliphatic carbocycles. The summed E-state index contributed by atoms with van der Waals surface area (Å²) in [6.07, 6.45) is 0.483. The first kappa shape index (κ1) is 13.1. The van der Waals surface area contributed by atoms with Crippen molar-refractivity contribution in [1.29, 1.82) is 0 Å². The van der Waals surface area contributed by atoms with E-state index in [-0.39, 0.29) is 0 Å². The fraction of sp³-hybridized carbons (Fsp3) is 0.429. The zero-order valence-electron chi connectivity index (χ0n) is 11.3. The highest BCUT2D eigenvalue weighted by atomic mass is 16.5. The monoisotopic (exact) mass is 275 g/mol. The Morgan fingerprint density at radius 2 is 2.40 bits per heavy atom. The summed E-state index contributed by atoms with van der Waals surface area (Å²) in [5.41, 5.74) is 7.51. The van der Waals surface area contributed by atoms with Crippen LogP contribution >= 0.6 is 0 Å². The van der Waals surface area contributed by atoms with Gasteiger partial charge in [-0.3, -0.25) is 9.69 Å². The lowest BCUT2D eigenvalue weighted by atomic mass is 10.0. The Hall–Kier alpha value is -1.92. The highest BCUT2D eigenvalue weighted by Gasteiger charge is 2.41. The highest BCUT2D eigenvalue weighted by molar-refractivity contribution is 5.80. The summed E-state index contributed by atoms with van der Waals surface area (Å²) >= 11 is 0. The van der Waals surface area contributed by atoms with Crippen molar-refractivity contribution in [1.82, 2.24) is 10.1 Å². The Kier molecular flexibility index (Phi) is 2.99. The van der Waals surface area contributed by atoms with E-state index in [4.69, 9.17) is 15.4 Å². The average Bonchev–Trinajstić information content (AvgIpc) is 2.96. The number of nitrogens with zero attached hydrogens (tertiary/aromatic N) is 2. The number of nitrogens with two attached hydrogens (primary N) is 1. The van der Waals surface area contributed by atoms with Gasteiger partial charge in [0.25, 0.3) is 0 Å². The number of likely N-dealkylation sites (tertiary alicyclic amines) is 1. The first-order valence-electron chi connectivity index (χ1n) is 6.57. The molecule has 3 N–H and O–H groups in total. The molecule has 0 radical (unpaired) electrons. The predicted octanol–water partition coefficient (Wildman–Crippen LogP) is 1.12. The summed E-state index contributed by atoms with van der Waals surface area (Å²) in [5, 5.41) is 14.1. The van der Waals surface area contributed by atoms with E-state index in [1.54, 1.807) is 0 Å². The van der Waals surface area contributed by atoms with E-state index < -0.39 is 11.5 Å². The number of aryl methyl sites for hydroxylation is 1. The number of fused-ring (bicyclic) bond motifs is 1. The predicted molar refractivity (Wildman–Crippen MR) is 73.2 cm³/mol. The van der Waals surface area contributed by atoms with E-state index in [1.807, 2.05) is 25.1 Å². The summed E-state index contributed by atoms with van der Waals surface area (Å²) < 4.78 is 5.18. The minimum atomic E-state index is -1.11. The largest absolute Gasteiger partial charge is 0.480 e. The minimum absolute atomic E-state index is 0.378. The van der Waals surface area contributed by atoms with Crippen LogP contribution in [0.15, 0.2) is 22.7 Å². The Morgan fingerprint density at radius 1 is 1.60 bits per heavy atom. The van der Waals surface area contributed by atoms with Gasteiger partial charge in [-0.15, -0.1) is 0 Å². The van der Waals surface area contributed by atoms with Crippen LogP contribution in [0.25, 0.3) is 11.0 Å². The van der Waals surface area contributed by atoms with Gasteiger partial charge in [-0.25, -0.2) is 0 Å². The van der Waals surface area contributed by atoms with Crippen LogP contribution in [0.1, 0.15) is 17.7 Å². The number of hydrogen-bond acceptors (Lipinski definition) is 5. The summed E-state index contributed by atoms with van der Waals surface area (Å²) in [5.74, 6) is -0.926. The molecule has 0 bridgehead atoms. The van der Waals surface area contributed by atoms with Gasteiger partial charge in [0, 0.05) is 25.0 Å². The number of rotatable bonds is 3. The fourth-order valence-corrected chi connectivity index (χ4v) is 2.69. The average molecular weight is 275 g/mol. The van der Waals surface area contributed by atoms with E-state index in [0.29, 0.717) is 26.1 Å². The first-order valence-corrected chi connectivity index (χ1v) is 6.57. The van der Waals surface area contributed by atoms with Crippen molar-refractivity contribution in [3.8, 4) is 0 Å². The lowest BCUT2D eigenvalue weighted by Crippen LogP contribution is -2.50. The highest BCUT2D eigenvalue weighted by Crippen LogP contribution is 2.24. The van der Waals surface area contributed by atoms with E-state index >= 15 is 0 Å². The number of carbonyl (C=O) groups is 1. The van der Waals surface area contributed by atoms with Crippen LogP contribution in [0.4, 0.5) is 0 Å². The molecule has 20 heavy (non-hydrogen) atoms. The number of aliphatic carboxylic acids is 1. The zero-order chi connectivity index (χ0) is 14.3. The van der Waals surface area contributed by atoms with Crippen molar-refractivity contribution in [2.24, 2.45) is 5.73 Å². The van der Waals surface area contributed by atoms with Gasteiger partial charge >= 0.3 is 5.97 Å². The molecule has 2 heterocycles. The third-order valence-electron chi connectivity index (χ3n) is 3.93. The van der Waals surface area contributed by atoms with Crippen LogP contribution in [0.2, 0.25) is 0 Å². The number of benzene rings is 1. The van der Waals surface area contributed by atoms with Gasteiger partial charge in [0.2, 0.25) is 0 Å². The van der Waals surface area contributed by atoms with Crippen molar-refractivity contribution in [2.45, 2.75) is 25.4 Å². The van der Waals surface area contributed by atoms with Gasteiger partial charge < -0.3 is 15.4 Å². The molecule has 0 spiro atoms. The lowest BCUT2D eigenvalue weighted by molar-refractivity contribution is -0.142. The number of carboxylic acid groups (broad SMARTS) is 1. The Labute approximate surface area is 116 Å². The molecule has 1 aromatic heterocycles. The second-order valence-electron chi connectivity index (χ2n) is 5.52. The summed E-state index contributed by atoms with van der Waals surface area (Å²) in [6.45, 7) is 3.67. The molecule has 1 saturated heterocycles. The summed E-state index contributed by atoms with van der Waals surface area (Å²) in [4.78, 5) is 13.2. The van der Waals surface area contributed by atoms with Crippen LogP contribution in [0.5, 0.6) is 0 Å². The van der Waals surface area contributed by atoms with E-state index in [9.17, 15) is 4.79 Å². The van der Waals surface area contributed by atoms with Crippen LogP contribution < -0.4 is 5.73 Å². The molecular formula is C14H17N3O3. The van der Waals surface area contributed by atoms with Crippen molar-refractivity contribution in [3.63, 3.8) is 0 Å². The molecule has 6 nitrogen and oxygen atoms in total. The smallest absolute Gasteiger partial charge is 0.325 e. The van der Waals surface area contributed by atoms with Crippen molar-refractivity contribution >= 4 is 16.9 Å². The lowest BCUT2D eigenvalue weighted by Gasteiger charge is -2.20. The molecule has 1 aliphatic rings. The van der Waals surface area contributed by atoms with Gasteiger partial charge in [-0.1, -0.05) is 11.2 Å². The van der Waals surface area contributed by atoms with Gasteiger partial charge in [0.15, 0.2) is 5.58 Å². The number of carboxylic acids is 1. The van der Waals surface area contributed by atoms with E-state index in [0.717, 1.165) is 22.2 Å². The quantitative estimate of drug-likeness (QED) is 0.872. The van der Waals surface area contributed by atoms with Crippen molar-refractivity contribution in [2.75, 3.05) is 13.1 Å². The van der Waals surface area contributed by atoms with Crippen LogP contribution in [0.3, 0.4) is 0 Å². The SMILES string of the molecule is Cc1noc2ccc(CN3CC[C@](N)(C(=O)O)C3)cc12. The fourth-order valence-electron chi connectivity index (χ4n) is 2.69. The summed E-state index contributed by atoms with van der Waals surface area (Å²) in [7, 11) is 0. The maximum Gasteiger partial charge on any atom is 0.325 e. The van der Waals surface area contributed by atoms with Gasteiger partial charge in [0.1, 0.15) is 5.54 Å². The molecule has 0 amide bonds. The second-order valence-corrected chi connectivity index (χ2v) is 5.52. The summed E-state index contributed by atoms with van der Waals surface area (Å²) in [6, 6.07) is 5.91. The van der Waals surface area contributed by atoms with Gasteiger partial charge in [0.05, 0.1) is 5.69 Å². The molecule has 6 heteroatoms. The minimum Gasteiger partial charge on any atom is -0.480 e. The maximum atomic E-state index is 11.1. The molecule has 3 rings (SSSR count). The Balaban J connectivity index is 1.77. The molecule has 1 atom stereocenters. The molecular weight excluding hydrogens is 258 g/mol. The third-order valence-corrected chi connectivity index (χ3v) is 3.93. The van der Waals surface area contributed by atoms with E-state index in [2.05, 4.69) is 10.1 Å². The zero-order valence-corrected chi connectivity index (χ0v) is 11.3. The maximum absolute atomic E-state index is 11.1. The third kappa shape index (κ3) is 2.17. The van der Waals surface area contributed by atoms with E-state index in [1.165, 1.54) is 0 Å². The standard InChI is InChI=1S/C14H17N3O3/c1-9-11-6-10(2-3-12(11)20-16-9)7-17-5-4-14(15,8-17)13(18)19/h2-3,6H,4-5,7-8,15H2,1H3,(H,18,19)/t14-/m1/s1. The second kappa shape index (κ2) is 4.57. The Bertz CT molecular complexity index is 667. The molecule has 1 aromatic carbocycles. The molecule has 1 fully saturated rings. The van der Waals surface area contributed by atoms with Crippen LogP contribution in [0, 0.1) is 6.92 Å². The molecule has 0 saturated carbocycles. The number of aromatic nitrogens is 1. The topological polar surface area (TPSA) is 92.6 Å². The molecule has 0 unspecified atom stereocenters. The molecule has 106 valence electrons. The molecule has 1 aliphatic heterocycles. The molecule has 2 aromatic rings. The van der Waals surface area contributed by atoms with Gasteiger partial charge in [-0.05, 0) is 31.0 Å². The number of hydrogen-bond donors (Lipinski definition) is 2. The normalized spacial score (nSPS) is 23.5. The first-order chi connectivity index (χ1) is 9.48. The van der Waals surface area contributed by atoms with Crippen molar-refractivity contribution < 1.29 is 14.4 Å². The van der Waals surface area contributed by atoms with Crippen LogP contribution in [-0.2, 0) is 11.3 Å². The van der Waals surface area contributed by atoms with Crippen LogP contribution in [-0.4, -0.2) is 39.8 Å². The Morgan fingerprint density at radius 3 is 3.10 bits per heavy atom.